The molecule has 0 aromatic carbocycles. The van der Waals surface area contributed by atoms with Crippen LogP contribution in [0.3, 0.4) is 0 Å². The Morgan fingerprint density at radius 1 is 1.36 bits per heavy atom. The molecule has 1 fully saturated rings. The summed E-state index contributed by atoms with van der Waals surface area (Å²) in [5.41, 5.74) is 0.645. The molecule has 0 saturated carbocycles. The van der Waals surface area contributed by atoms with Crippen molar-refractivity contribution in [3.8, 4) is 0 Å². The van der Waals surface area contributed by atoms with Crippen LogP contribution >= 0.6 is 0 Å². The number of hydrogen-bond acceptors (Lipinski definition) is 9. The Morgan fingerprint density at radius 3 is 3.12 bits per heavy atom. The van der Waals surface area contributed by atoms with Gasteiger partial charge in [0.2, 0.25) is 5.89 Å². The van der Waals surface area contributed by atoms with Gasteiger partial charge in [0.05, 0.1) is 6.54 Å². The zero-order valence-electron chi connectivity index (χ0n) is 14.4. The number of tetrazole rings is 1. The quantitative estimate of drug-likeness (QED) is 0.657. The van der Waals surface area contributed by atoms with Crippen molar-refractivity contribution in [2.24, 2.45) is 0 Å². The fourth-order valence-electron chi connectivity index (χ4n) is 3.20. The summed E-state index contributed by atoms with van der Waals surface area (Å²) in [6.07, 6.45) is 3.01. The number of hydrogen-bond donors (Lipinski definition) is 0. The van der Waals surface area contributed by atoms with Gasteiger partial charge in [-0.05, 0) is 41.9 Å². The van der Waals surface area contributed by atoms with Crippen LogP contribution in [0.15, 0.2) is 16.7 Å². The molecule has 4 heterocycles. The molecule has 0 unspecified atom stereocenters. The molecule has 10 nitrogen and oxygen atoms in total. The van der Waals surface area contributed by atoms with Gasteiger partial charge in [-0.1, -0.05) is 12.1 Å². The van der Waals surface area contributed by atoms with Gasteiger partial charge in [0, 0.05) is 26.1 Å². The number of rotatable bonds is 5. The molecule has 25 heavy (non-hydrogen) atoms. The van der Waals surface area contributed by atoms with Crippen LogP contribution in [0.4, 0.5) is 5.82 Å². The van der Waals surface area contributed by atoms with Crippen molar-refractivity contribution in [2.75, 3.05) is 25.0 Å². The molecule has 1 atom stereocenters. The molecule has 0 bridgehead atoms. The molecule has 10 heteroatoms. The highest BCUT2D eigenvalue weighted by Crippen LogP contribution is 2.20. The Balaban J connectivity index is 1.44. The first-order chi connectivity index (χ1) is 12.2. The summed E-state index contributed by atoms with van der Waals surface area (Å²) in [6, 6.07) is 4.20. The van der Waals surface area contributed by atoms with Crippen LogP contribution in [0.5, 0.6) is 0 Å². The number of likely N-dealkylation sites (tertiary alicyclic amines) is 1. The van der Waals surface area contributed by atoms with Gasteiger partial charge in [0.15, 0.2) is 17.3 Å². The highest BCUT2D eigenvalue weighted by molar-refractivity contribution is 5.44. The summed E-state index contributed by atoms with van der Waals surface area (Å²) >= 11 is 0. The van der Waals surface area contributed by atoms with Crippen LogP contribution in [0.1, 0.15) is 31.5 Å². The molecule has 1 aliphatic heterocycles. The molecule has 0 spiro atoms. The molecule has 3 aromatic rings. The average molecular weight is 343 g/mol. The number of nitrogens with zero attached hydrogens (tertiary/aromatic N) is 9. The third kappa shape index (κ3) is 3.29. The van der Waals surface area contributed by atoms with Gasteiger partial charge in [-0.3, -0.25) is 4.90 Å². The van der Waals surface area contributed by atoms with Crippen molar-refractivity contribution in [2.45, 2.75) is 38.8 Å². The van der Waals surface area contributed by atoms with Gasteiger partial charge in [0.1, 0.15) is 0 Å². The summed E-state index contributed by atoms with van der Waals surface area (Å²) < 4.78 is 6.66. The number of anilines is 1. The van der Waals surface area contributed by atoms with E-state index < -0.39 is 0 Å². The van der Waals surface area contributed by atoms with E-state index in [2.05, 4.69) is 47.6 Å². The lowest BCUT2D eigenvalue weighted by atomic mass is 10.0. The minimum absolute atomic E-state index is 0.368. The minimum Gasteiger partial charge on any atom is -0.354 e. The molecule has 0 amide bonds. The Labute approximate surface area is 144 Å². The van der Waals surface area contributed by atoms with E-state index in [4.69, 9.17) is 4.52 Å². The van der Waals surface area contributed by atoms with E-state index >= 15 is 0 Å². The molecule has 0 radical (unpaired) electrons. The standard InChI is InChI=1S/C15H21N9O/c1-3-15-16-12(19-25-15)10-23-8-4-5-11(9-23)22(2)14-7-6-13-17-20-21-24(13)18-14/h6-7,11H,3-5,8-10H2,1-2H3/t11-/m1/s1. The molecular formula is C15H21N9O. The highest BCUT2D eigenvalue weighted by Gasteiger charge is 2.25. The predicted octanol–water partition coefficient (Wildman–Crippen LogP) is 0.565. The smallest absolute Gasteiger partial charge is 0.226 e. The molecule has 0 aliphatic carbocycles. The Morgan fingerprint density at radius 2 is 2.28 bits per heavy atom. The van der Waals surface area contributed by atoms with Crippen LogP contribution in [0, 0.1) is 0 Å². The lowest BCUT2D eigenvalue weighted by molar-refractivity contribution is 0.192. The van der Waals surface area contributed by atoms with Crippen molar-refractivity contribution in [1.29, 1.82) is 0 Å². The Hall–Kier alpha value is -2.62. The third-order valence-electron chi connectivity index (χ3n) is 4.62. The van der Waals surface area contributed by atoms with E-state index in [1.165, 1.54) is 4.63 Å². The zero-order valence-corrected chi connectivity index (χ0v) is 14.4. The Bertz CT molecular complexity index is 844. The maximum Gasteiger partial charge on any atom is 0.226 e. The normalized spacial score (nSPS) is 18.7. The van der Waals surface area contributed by atoms with Crippen molar-refractivity contribution in [3.05, 3.63) is 23.8 Å². The van der Waals surface area contributed by atoms with Crippen LogP contribution in [0.2, 0.25) is 0 Å². The van der Waals surface area contributed by atoms with Crippen molar-refractivity contribution in [3.63, 3.8) is 0 Å². The van der Waals surface area contributed by atoms with Crippen LogP contribution in [-0.2, 0) is 13.0 Å². The van der Waals surface area contributed by atoms with Gasteiger partial charge in [0.25, 0.3) is 0 Å². The summed E-state index contributed by atoms with van der Waals surface area (Å²) in [4.78, 5) is 8.97. The van der Waals surface area contributed by atoms with Gasteiger partial charge >= 0.3 is 0 Å². The van der Waals surface area contributed by atoms with Crippen LogP contribution < -0.4 is 4.90 Å². The maximum atomic E-state index is 5.20. The van der Waals surface area contributed by atoms with E-state index in [9.17, 15) is 0 Å². The molecule has 3 aromatic heterocycles. The minimum atomic E-state index is 0.368. The Kier molecular flexibility index (Phi) is 4.26. The van der Waals surface area contributed by atoms with Gasteiger partial charge < -0.3 is 9.42 Å². The van der Waals surface area contributed by atoms with E-state index in [1.807, 2.05) is 19.1 Å². The lowest BCUT2D eigenvalue weighted by Crippen LogP contribution is -2.46. The van der Waals surface area contributed by atoms with E-state index in [1.54, 1.807) is 0 Å². The zero-order chi connectivity index (χ0) is 17.2. The molecule has 1 aliphatic rings. The summed E-state index contributed by atoms with van der Waals surface area (Å²) in [5, 5.41) is 19.9. The maximum absolute atomic E-state index is 5.20. The highest BCUT2D eigenvalue weighted by atomic mass is 16.5. The number of fused-ring (bicyclic) bond motifs is 1. The van der Waals surface area contributed by atoms with Crippen molar-refractivity contribution >= 4 is 11.5 Å². The fraction of sp³-hybridized carbons (Fsp3) is 0.600. The lowest BCUT2D eigenvalue weighted by Gasteiger charge is -2.37. The molecular weight excluding hydrogens is 322 g/mol. The van der Waals surface area contributed by atoms with Crippen LogP contribution in [0.25, 0.3) is 5.65 Å². The molecule has 0 N–H and O–H groups in total. The van der Waals surface area contributed by atoms with Gasteiger partial charge in [-0.15, -0.1) is 14.8 Å². The average Bonchev–Trinajstić information content (AvgIpc) is 3.29. The fourth-order valence-corrected chi connectivity index (χ4v) is 3.20. The first-order valence-corrected chi connectivity index (χ1v) is 8.55. The monoisotopic (exact) mass is 343 g/mol. The van der Waals surface area contributed by atoms with Crippen molar-refractivity contribution < 1.29 is 4.52 Å². The van der Waals surface area contributed by atoms with Crippen LogP contribution in [-0.4, -0.2) is 66.5 Å². The summed E-state index contributed by atoms with van der Waals surface area (Å²) in [5.74, 6) is 2.31. The second kappa shape index (κ2) is 6.71. The van der Waals surface area contributed by atoms with Gasteiger partial charge in [-0.25, -0.2) is 0 Å². The molecule has 132 valence electrons. The number of likely N-dealkylation sites (N-methyl/N-ethyl adjacent to an activating group) is 1. The molecule has 1 saturated heterocycles. The first-order valence-electron chi connectivity index (χ1n) is 8.55. The number of piperidine rings is 1. The van der Waals surface area contributed by atoms with E-state index in [0.717, 1.165) is 44.0 Å². The van der Waals surface area contributed by atoms with Gasteiger partial charge in [-0.2, -0.15) is 4.98 Å². The topological polar surface area (TPSA) is 101 Å². The summed E-state index contributed by atoms with van der Waals surface area (Å²) in [7, 11) is 2.07. The molecule has 4 rings (SSSR count). The largest absolute Gasteiger partial charge is 0.354 e. The predicted molar refractivity (Wildman–Crippen MR) is 89.0 cm³/mol. The third-order valence-corrected chi connectivity index (χ3v) is 4.62. The summed E-state index contributed by atoms with van der Waals surface area (Å²) in [6.45, 7) is 4.70. The second-order valence-electron chi connectivity index (χ2n) is 6.32. The number of aromatic nitrogens is 7. The van der Waals surface area contributed by atoms with Crippen molar-refractivity contribution in [1.82, 2.24) is 40.3 Å². The van der Waals surface area contributed by atoms with E-state index in [0.29, 0.717) is 24.1 Å². The SMILES string of the molecule is CCc1nc(CN2CCC[C@@H](N(C)c3ccc4nnnn4n3)C2)no1. The number of aryl methyl sites for hydroxylation is 1. The second-order valence-corrected chi connectivity index (χ2v) is 6.32. The first kappa shape index (κ1) is 15.9. The van der Waals surface area contributed by atoms with E-state index in [-0.39, 0.29) is 0 Å².